The highest BCUT2D eigenvalue weighted by Crippen LogP contribution is 2.28. The number of aliphatic carboxylic acids is 1. The number of pyridine rings is 1. The van der Waals surface area contributed by atoms with Crippen LogP contribution in [0.3, 0.4) is 0 Å². The lowest BCUT2D eigenvalue weighted by Crippen LogP contribution is -2.56. The molecule has 0 bridgehead atoms. The van der Waals surface area contributed by atoms with E-state index in [9.17, 15) is 14.7 Å². The fourth-order valence-electron chi connectivity index (χ4n) is 2.36. The number of carboxylic acid groups (broad SMARTS) is 1. The van der Waals surface area contributed by atoms with Crippen LogP contribution in [0.25, 0.3) is 0 Å². The van der Waals surface area contributed by atoms with Crippen molar-refractivity contribution in [2.75, 3.05) is 5.32 Å². The number of nitrogens with one attached hydrogen (secondary N) is 2. The zero-order chi connectivity index (χ0) is 14.6. The van der Waals surface area contributed by atoms with E-state index in [0.717, 1.165) is 19.3 Å². The Balaban J connectivity index is 2.01. The summed E-state index contributed by atoms with van der Waals surface area (Å²) in [5, 5.41) is 14.9. The minimum atomic E-state index is -1.17. The van der Waals surface area contributed by atoms with E-state index < -0.39 is 17.5 Å². The fraction of sp³-hybridized carbons (Fsp3) is 0.462. The maximum absolute atomic E-state index is 11.9. The molecule has 0 spiro atoms. The number of carboxylic acids is 1. The van der Waals surface area contributed by atoms with E-state index in [2.05, 4.69) is 15.6 Å². The van der Waals surface area contributed by atoms with E-state index >= 15 is 0 Å². The molecular weight excluding hydrogens is 282 g/mol. The Kier molecular flexibility index (Phi) is 4.44. The monoisotopic (exact) mass is 297 g/mol. The van der Waals surface area contributed by atoms with Crippen LogP contribution in [-0.4, -0.2) is 27.6 Å². The number of anilines is 1. The number of carbonyl (C=O) groups excluding carboxylic acids is 1. The van der Waals surface area contributed by atoms with Gasteiger partial charge in [0.2, 0.25) is 0 Å². The van der Waals surface area contributed by atoms with Crippen molar-refractivity contribution < 1.29 is 14.7 Å². The molecule has 7 heteroatoms. The van der Waals surface area contributed by atoms with E-state index in [1.165, 1.54) is 6.20 Å². The number of hydrogen-bond acceptors (Lipinski definition) is 3. The predicted molar refractivity (Wildman–Crippen MR) is 74.9 cm³/mol. The third-order valence-electron chi connectivity index (χ3n) is 3.44. The molecule has 3 N–H and O–H groups in total. The second-order valence-corrected chi connectivity index (χ2v) is 5.33. The van der Waals surface area contributed by atoms with E-state index in [1.54, 1.807) is 12.1 Å². The summed E-state index contributed by atoms with van der Waals surface area (Å²) in [6, 6.07) is 2.58. The summed E-state index contributed by atoms with van der Waals surface area (Å²) in [6.45, 7) is 0. The number of amides is 2. The van der Waals surface area contributed by atoms with Crippen molar-refractivity contribution >= 4 is 29.4 Å². The molecule has 1 aromatic rings. The van der Waals surface area contributed by atoms with Crippen LogP contribution in [0.4, 0.5) is 10.6 Å². The number of aromatic nitrogens is 1. The number of carbonyl (C=O) groups is 2. The molecule has 1 heterocycles. The fourth-order valence-corrected chi connectivity index (χ4v) is 2.47. The van der Waals surface area contributed by atoms with Crippen LogP contribution in [-0.2, 0) is 4.79 Å². The zero-order valence-electron chi connectivity index (χ0n) is 10.9. The molecule has 1 saturated carbocycles. The van der Waals surface area contributed by atoms with Gasteiger partial charge in [0, 0.05) is 6.20 Å². The molecule has 0 aliphatic heterocycles. The van der Waals surface area contributed by atoms with Crippen molar-refractivity contribution in [2.45, 2.75) is 37.6 Å². The second-order valence-electron chi connectivity index (χ2n) is 4.89. The molecule has 0 radical (unpaired) electrons. The topological polar surface area (TPSA) is 91.3 Å². The van der Waals surface area contributed by atoms with Crippen LogP contribution >= 0.6 is 11.6 Å². The molecule has 0 atom stereocenters. The standard InChI is InChI=1S/C13H16ClN3O3/c14-9-4-5-10(15-8-9)16-12(20)17-13(11(18)19)6-2-1-3-7-13/h4-5,8H,1-3,6-7H2,(H,18,19)(H2,15,16,17,20). The van der Waals surface area contributed by atoms with Gasteiger partial charge in [0.25, 0.3) is 0 Å². The average Bonchev–Trinajstić information content (AvgIpc) is 2.42. The van der Waals surface area contributed by atoms with Crippen molar-refractivity contribution in [2.24, 2.45) is 0 Å². The normalized spacial score (nSPS) is 17.2. The van der Waals surface area contributed by atoms with Crippen LogP contribution in [0.1, 0.15) is 32.1 Å². The molecule has 1 aromatic heterocycles. The van der Waals surface area contributed by atoms with Gasteiger partial charge in [-0.25, -0.2) is 14.6 Å². The Morgan fingerprint density at radius 2 is 1.95 bits per heavy atom. The number of halogens is 1. The predicted octanol–water partition coefficient (Wildman–Crippen LogP) is 2.64. The Hall–Kier alpha value is -1.82. The smallest absolute Gasteiger partial charge is 0.329 e. The Morgan fingerprint density at radius 3 is 2.50 bits per heavy atom. The third kappa shape index (κ3) is 3.39. The molecule has 1 aliphatic carbocycles. The maximum Gasteiger partial charge on any atom is 0.329 e. The van der Waals surface area contributed by atoms with E-state index in [4.69, 9.17) is 11.6 Å². The summed E-state index contributed by atoms with van der Waals surface area (Å²) in [5.41, 5.74) is -1.17. The van der Waals surface area contributed by atoms with Crippen molar-refractivity contribution in [1.29, 1.82) is 0 Å². The van der Waals surface area contributed by atoms with Crippen molar-refractivity contribution in [3.63, 3.8) is 0 Å². The molecule has 1 fully saturated rings. The van der Waals surface area contributed by atoms with Crippen molar-refractivity contribution in [1.82, 2.24) is 10.3 Å². The van der Waals surface area contributed by atoms with Crippen molar-refractivity contribution in [3.05, 3.63) is 23.4 Å². The molecule has 6 nitrogen and oxygen atoms in total. The number of urea groups is 1. The van der Waals surface area contributed by atoms with Gasteiger partial charge < -0.3 is 10.4 Å². The molecule has 1 aliphatic rings. The maximum atomic E-state index is 11.9. The van der Waals surface area contributed by atoms with Crippen molar-refractivity contribution in [3.8, 4) is 0 Å². The summed E-state index contributed by atoms with van der Waals surface area (Å²) >= 11 is 5.70. The lowest BCUT2D eigenvalue weighted by Gasteiger charge is -2.33. The average molecular weight is 298 g/mol. The Morgan fingerprint density at radius 1 is 1.25 bits per heavy atom. The van der Waals surface area contributed by atoms with Crippen LogP contribution in [0.15, 0.2) is 18.3 Å². The first kappa shape index (κ1) is 14.6. The summed E-state index contributed by atoms with van der Waals surface area (Å²) in [5.74, 6) is -0.667. The third-order valence-corrected chi connectivity index (χ3v) is 3.66. The van der Waals surface area contributed by atoms with Gasteiger partial charge in [-0.15, -0.1) is 0 Å². The molecule has 0 saturated heterocycles. The number of hydrogen-bond donors (Lipinski definition) is 3. The lowest BCUT2D eigenvalue weighted by molar-refractivity contribution is -0.145. The molecule has 0 unspecified atom stereocenters. The van der Waals surface area contributed by atoms with Gasteiger partial charge in [-0.3, -0.25) is 5.32 Å². The Bertz CT molecular complexity index is 498. The zero-order valence-corrected chi connectivity index (χ0v) is 11.6. The second kappa shape index (κ2) is 6.09. The van der Waals surface area contributed by atoms with Gasteiger partial charge >= 0.3 is 12.0 Å². The molecular formula is C13H16ClN3O3. The molecule has 2 rings (SSSR count). The van der Waals surface area contributed by atoms with Gasteiger partial charge in [-0.05, 0) is 25.0 Å². The quantitative estimate of drug-likeness (QED) is 0.800. The van der Waals surface area contributed by atoms with Gasteiger partial charge in [0.05, 0.1) is 5.02 Å². The summed E-state index contributed by atoms with van der Waals surface area (Å²) in [6.07, 6.45) is 4.90. The summed E-state index contributed by atoms with van der Waals surface area (Å²) in [7, 11) is 0. The summed E-state index contributed by atoms with van der Waals surface area (Å²) in [4.78, 5) is 27.3. The Labute approximate surface area is 121 Å². The molecule has 2 amide bonds. The van der Waals surface area contributed by atoms with E-state index in [-0.39, 0.29) is 0 Å². The minimum absolute atomic E-state index is 0.322. The largest absolute Gasteiger partial charge is 0.480 e. The minimum Gasteiger partial charge on any atom is -0.480 e. The lowest BCUT2D eigenvalue weighted by atomic mass is 9.82. The van der Waals surface area contributed by atoms with Gasteiger partial charge in [0.15, 0.2) is 0 Å². The van der Waals surface area contributed by atoms with E-state index in [0.29, 0.717) is 23.7 Å². The number of nitrogens with zero attached hydrogens (tertiary/aromatic N) is 1. The first-order valence-corrected chi connectivity index (χ1v) is 6.84. The van der Waals surface area contributed by atoms with Gasteiger partial charge in [0.1, 0.15) is 11.4 Å². The van der Waals surface area contributed by atoms with Gasteiger partial charge in [-0.1, -0.05) is 30.9 Å². The van der Waals surface area contributed by atoms with E-state index in [1.807, 2.05) is 0 Å². The highest BCUT2D eigenvalue weighted by molar-refractivity contribution is 6.30. The van der Waals surface area contributed by atoms with Crippen LogP contribution < -0.4 is 10.6 Å². The van der Waals surface area contributed by atoms with Gasteiger partial charge in [-0.2, -0.15) is 0 Å². The summed E-state index contributed by atoms with van der Waals surface area (Å²) < 4.78 is 0. The highest BCUT2D eigenvalue weighted by atomic mass is 35.5. The highest BCUT2D eigenvalue weighted by Gasteiger charge is 2.41. The molecule has 108 valence electrons. The molecule has 20 heavy (non-hydrogen) atoms. The first-order chi connectivity index (χ1) is 9.52. The van der Waals surface area contributed by atoms with Crippen LogP contribution in [0.2, 0.25) is 5.02 Å². The van der Waals surface area contributed by atoms with Crippen LogP contribution in [0, 0.1) is 0 Å². The number of rotatable bonds is 3. The van der Waals surface area contributed by atoms with Crippen LogP contribution in [0.5, 0.6) is 0 Å². The first-order valence-electron chi connectivity index (χ1n) is 6.46. The molecule has 0 aromatic carbocycles. The SMILES string of the molecule is O=C(Nc1ccc(Cl)cn1)NC1(C(=O)O)CCCCC1.